The van der Waals surface area contributed by atoms with Gasteiger partial charge in [-0.15, -0.1) is 0 Å². The Bertz CT molecular complexity index is 708. The average Bonchev–Trinajstić information content (AvgIpc) is 3.17. The van der Waals surface area contributed by atoms with Crippen molar-refractivity contribution in [1.29, 1.82) is 0 Å². The number of halogens is 1. The Morgan fingerprint density at radius 2 is 2.12 bits per heavy atom. The molecule has 1 N–H and O–H groups in total. The normalized spacial score (nSPS) is 24.1. The molecule has 0 aliphatic heterocycles. The Kier molecular flexibility index (Phi) is 4.96. The number of fused-ring (bicyclic) bond motifs is 2. The maximum absolute atomic E-state index is 13.6. The van der Waals surface area contributed by atoms with Crippen LogP contribution in [0, 0.1) is 33.7 Å². The topological polar surface area (TPSA) is 98.5 Å². The van der Waals surface area contributed by atoms with Gasteiger partial charge in [-0.3, -0.25) is 19.7 Å². The highest BCUT2D eigenvalue weighted by molar-refractivity contribution is 5.93. The van der Waals surface area contributed by atoms with E-state index in [-0.39, 0.29) is 11.4 Å². The van der Waals surface area contributed by atoms with Gasteiger partial charge < -0.3 is 10.1 Å². The van der Waals surface area contributed by atoms with Crippen LogP contribution in [0.3, 0.4) is 0 Å². The molecule has 3 rings (SSSR count). The molecule has 3 atom stereocenters. The van der Waals surface area contributed by atoms with Gasteiger partial charge in [0, 0.05) is 18.6 Å². The third kappa shape index (κ3) is 4.12. The summed E-state index contributed by atoms with van der Waals surface area (Å²) >= 11 is 0. The van der Waals surface area contributed by atoms with Crippen molar-refractivity contribution in [3.8, 4) is 0 Å². The van der Waals surface area contributed by atoms with Gasteiger partial charge in [-0.05, 0) is 43.1 Å². The van der Waals surface area contributed by atoms with Gasteiger partial charge in [0.25, 0.3) is 11.6 Å². The van der Waals surface area contributed by atoms with Crippen molar-refractivity contribution in [3.63, 3.8) is 0 Å². The van der Waals surface area contributed by atoms with E-state index in [1.165, 1.54) is 12.8 Å². The molecule has 2 saturated carbocycles. The second-order valence-corrected chi connectivity index (χ2v) is 6.77. The predicted molar refractivity (Wildman–Crippen MR) is 86.2 cm³/mol. The smallest absolute Gasteiger partial charge is 0.306 e. The number of esters is 1. The maximum Gasteiger partial charge on any atom is 0.306 e. The number of nitro benzene ring substituents is 1. The quantitative estimate of drug-likeness (QED) is 0.483. The second-order valence-electron chi connectivity index (χ2n) is 6.77. The van der Waals surface area contributed by atoms with Crippen LogP contribution in [0.25, 0.3) is 0 Å². The van der Waals surface area contributed by atoms with E-state index in [1.54, 1.807) is 0 Å². The minimum absolute atomic E-state index is 0.305. The Labute approximate surface area is 143 Å². The van der Waals surface area contributed by atoms with Crippen molar-refractivity contribution in [1.82, 2.24) is 0 Å². The van der Waals surface area contributed by atoms with Crippen LogP contribution in [-0.4, -0.2) is 23.4 Å². The third-order valence-corrected chi connectivity index (χ3v) is 5.11. The van der Waals surface area contributed by atoms with Crippen molar-refractivity contribution >= 4 is 23.3 Å². The highest BCUT2D eigenvalue weighted by Gasteiger charge is 2.40. The number of non-ortho nitro benzene ring substituents is 1. The van der Waals surface area contributed by atoms with E-state index in [0.29, 0.717) is 18.3 Å². The van der Waals surface area contributed by atoms with E-state index < -0.39 is 29.2 Å². The van der Waals surface area contributed by atoms with E-state index in [1.807, 2.05) is 0 Å². The largest absolute Gasteiger partial charge is 0.456 e. The molecule has 0 radical (unpaired) electrons. The van der Waals surface area contributed by atoms with Crippen molar-refractivity contribution in [2.45, 2.75) is 32.1 Å². The van der Waals surface area contributed by atoms with Crippen molar-refractivity contribution in [2.24, 2.45) is 17.8 Å². The van der Waals surface area contributed by atoms with Gasteiger partial charge in [-0.25, -0.2) is 4.39 Å². The lowest BCUT2D eigenvalue weighted by Gasteiger charge is -2.20. The number of nitrogens with one attached hydrogen (secondary N) is 1. The van der Waals surface area contributed by atoms with Gasteiger partial charge in [0.15, 0.2) is 6.61 Å². The van der Waals surface area contributed by atoms with E-state index in [4.69, 9.17) is 4.74 Å². The fourth-order valence-electron chi connectivity index (χ4n) is 3.95. The monoisotopic (exact) mass is 350 g/mol. The van der Waals surface area contributed by atoms with Gasteiger partial charge >= 0.3 is 5.97 Å². The molecule has 2 fully saturated rings. The van der Waals surface area contributed by atoms with Gasteiger partial charge in [0.2, 0.25) is 0 Å². The number of carbonyl (C=O) groups is 2. The van der Waals surface area contributed by atoms with Crippen LogP contribution in [0.15, 0.2) is 18.2 Å². The van der Waals surface area contributed by atoms with Crippen LogP contribution in [0.2, 0.25) is 0 Å². The summed E-state index contributed by atoms with van der Waals surface area (Å²) in [5.41, 5.74) is -0.659. The number of nitro groups is 1. The number of benzene rings is 1. The van der Waals surface area contributed by atoms with Crippen LogP contribution >= 0.6 is 0 Å². The van der Waals surface area contributed by atoms with Crippen molar-refractivity contribution in [3.05, 3.63) is 34.1 Å². The first-order valence-electron chi connectivity index (χ1n) is 8.31. The Morgan fingerprint density at radius 1 is 1.32 bits per heavy atom. The summed E-state index contributed by atoms with van der Waals surface area (Å²) in [4.78, 5) is 33.7. The Balaban J connectivity index is 1.47. The third-order valence-electron chi connectivity index (χ3n) is 5.11. The van der Waals surface area contributed by atoms with Crippen molar-refractivity contribution in [2.75, 3.05) is 11.9 Å². The van der Waals surface area contributed by atoms with Crippen LogP contribution < -0.4 is 5.32 Å². The summed E-state index contributed by atoms with van der Waals surface area (Å²) in [6.07, 6.45) is 4.94. The molecule has 2 aliphatic carbocycles. The zero-order valence-electron chi connectivity index (χ0n) is 13.6. The molecular weight excluding hydrogens is 331 g/mol. The van der Waals surface area contributed by atoms with Crippen LogP contribution in [-0.2, 0) is 14.3 Å². The van der Waals surface area contributed by atoms with E-state index in [9.17, 15) is 24.1 Å². The number of anilines is 1. The summed E-state index contributed by atoms with van der Waals surface area (Å²) in [5, 5.41) is 12.9. The highest BCUT2D eigenvalue weighted by Crippen LogP contribution is 2.49. The molecule has 2 bridgehead atoms. The summed E-state index contributed by atoms with van der Waals surface area (Å²) in [5.74, 6) is -0.322. The minimum Gasteiger partial charge on any atom is -0.456 e. The molecule has 8 heteroatoms. The van der Waals surface area contributed by atoms with Gasteiger partial charge in [-0.2, -0.15) is 0 Å². The fourth-order valence-corrected chi connectivity index (χ4v) is 3.95. The molecule has 0 spiro atoms. The molecule has 0 saturated heterocycles. The van der Waals surface area contributed by atoms with Gasteiger partial charge in [0.1, 0.15) is 5.82 Å². The highest BCUT2D eigenvalue weighted by atomic mass is 19.1. The number of hydrogen-bond acceptors (Lipinski definition) is 5. The van der Waals surface area contributed by atoms with Crippen LogP contribution in [0.1, 0.15) is 32.1 Å². The lowest BCUT2D eigenvalue weighted by atomic mass is 9.86. The molecule has 2 aliphatic rings. The fraction of sp³-hybridized carbons (Fsp3) is 0.529. The molecule has 7 nitrogen and oxygen atoms in total. The summed E-state index contributed by atoms with van der Waals surface area (Å²) < 4.78 is 18.6. The SMILES string of the molecule is O=C(COC(=O)C[C@@H]1C[C@@H]2CC[C@@H]1C2)Nc1cc([N+](=O)[O-])ccc1F. The summed E-state index contributed by atoms with van der Waals surface area (Å²) in [7, 11) is 0. The first kappa shape index (κ1) is 17.3. The molecular formula is C17H19FN2O5. The maximum atomic E-state index is 13.6. The number of carbonyl (C=O) groups excluding carboxylic acids is 2. The van der Waals surface area contributed by atoms with Crippen molar-refractivity contribution < 1.29 is 23.6 Å². The van der Waals surface area contributed by atoms with Crippen LogP contribution in [0.5, 0.6) is 0 Å². The molecule has 1 aromatic carbocycles. The second kappa shape index (κ2) is 7.16. The average molecular weight is 350 g/mol. The van der Waals surface area contributed by atoms with Crippen LogP contribution in [0.4, 0.5) is 15.8 Å². The number of nitrogens with zero attached hydrogens (tertiary/aromatic N) is 1. The predicted octanol–water partition coefficient (Wildman–Crippen LogP) is 3.04. The summed E-state index contributed by atoms with van der Waals surface area (Å²) in [6, 6.07) is 2.82. The zero-order chi connectivity index (χ0) is 18.0. The summed E-state index contributed by atoms with van der Waals surface area (Å²) in [6.45, 7) is -0.540. The number of hydrogen-bond donors (Lipinski definition) is 1. The van der Waals surface area contributed by atoms with E-state index in [0.717, 1.165) is 37.0 Å². The standard InChI is InChI=1S/C17H19FN2O5/c18-14-4-3-13(20(23)24)8-15(14)19-16(21)9-25-17(22)7-12-6-10-1-2-11(12)5-10/h3-4,8,10-12H,1-2,5-7,9H2,(H,19,21)/t10-,11-,12+/m1/s1. The molecule has 1 aromatic rings. The first-order valence-corrected chi connectivity index (χ1v) is 8.31. The number of amides is 1. The number of rotatable bonds is 6. The molecule has 1 amide bonds. The molecule has 0 heterocycles. The molecule has 134 valence electrons. The molecule has 25 heavy (non-hydrogen) atoms. The van der Waals surface area contributed by atoms with E-state index in [2.05, 4.69) is 5.32 Å². The number of ether oxygens (including phenoxy) is 1. The Morgan fingerprint density at radius 3 is 2.76 bits per heavy atom. The van der Waals surface area contributed by atoms with Gasteiger partial charge in [-0.1, -0.05) is 6.42 Å². The van der Waals surface area contributed by atoms with Gasteiger partial charge in [0.05, 0.1) is 10.6 Å². The molecule has 0 aromatic heterocycles. The lowest BCUT2D eigenvalue weighted by Crippen LogP contribution is -2.23. The molecule has 0 unspecified atom stereocenters. The lowest BCUT2D eigenvalue weighted by molar-refractivity contribution is -0.384. The zero-order valence-corrected chi connectivity index (χ0v) is 13.6. The minimum atomic E-state index is -0.799. The van der Waals surface area contributed by atoms with E-state index >= 15 is 0 Å². The first-order chi connectivity index (χ1) is 11.9. The Hall–Kier alpha value is -2.51.